The zero-order chi connectivity index (χ0) is 19.8. The first-order valence-corrected chi connectivity index (χ1v) is 12.3. The van der Waals surface area contributed by atoms with Gasteiger partial charge in [0.2, 0.25) is 0 Å². The number of fused-ring (bicyclic) bond motifs is 3. The third kappa shape index (κ3) is 3.15. The van der Waals surface area contributed by atoms with Crippen LogP contribution in [0.25, 0.3) is 21.5 Å². The van der Waals surface area contributed by atoms with Gasteiger partial charge in [-0.15, -0.1) is 5.54 Å². The van der Waals surface area contributed by atoms with Crippen LogP contribution in [0.3, 0.4) is 0 Å². The van der Waals surface area contributed by atoms with E-state index in [4.69, 9.17) is 5.73 Å². The number of hydrogen-bond acceptors (Lipinski definition) is 1. The Balaban J connectivity index is 2.36. The molecule has 27 heavy (non-hydrogen) atoms. The van der Waals surface area contributed by atoms with Gasteiger partial charge in [0, 0.05) is 10.8 Å². The van der Waals surface area contributed by atoms with Crippen molar-refractivity contribution in [3.05, 3.63) is 54.1 Å². The van der Waals surface area contributed by atoms with Gasteiger partial charge in [0.25, 0.3) is 0 Å². The smallest absolute Gasteiger partial charge is 0.146 e. The molecule has 0 spiro atoms. The van der Waals surface area contributed by atoms with Crippen LogP contribution >= 0.6 is 0 Å². The Morgan fingerprint density at radius 3 is 1.56 bits per heavy atom. The summed E-state index contributed by atoms with van der Waals surface area (Å²) in [5.74, 6) is 3.62. The molecule has 0 atom stereocenters. The summed E-state index contributed by atoms with van der Waals surface area (Å²) in [6, 6.07) is 16.9. The fourth-order valence-corrected chi connectivity index (χ4v) is 10.1. The molecule has 3 rings (SSSR count). The first-order valence-electron chi connectivity index (χ1n) is 10.0. The number of nitrogen functional groups attached to an aromatic ring is 1. The fourth-order valence-electron chi connectivity index (χ4n) is 4.91. The predicted molar refractivity (Wildman–Crippen MR) is 124 cm³/mol. The zero-order valence-corrected chi connectivity index (χ0v) is 18.4. The standard InChI is InChI=1S/C25H31NSi/c1-17(2)27(18(3)4,19(5)6)16-15-24-22-13-8-7-11-20(22)21-12-9-10-14-23(21)25(24)26/h7-14,17-19H,26H2,1-6H3. The van der Waals surface area contributed by atoms with Gasteiger partial charge in [0.15, 0.2) is 0 Å². The van der Waals surface area contributed by atoms with Crippen LogP contribution in [0.2, 0.25) is 16.6 Å². The van der Waals surface area contributed by atoms with Crippen LogP contribution in [0.1, 0.15) is 47.1 Å². The van der Waals surface area contributed by atoms with Crippen LogP contribution in [0.4, 0.5) is 5.69 Å². The zero-order valence-electron chi connectivity index (χ0n) is 17.4. The molecule has 2 N–H and O–H groups in total. The van der Waals surface area contributed by atoms with Gasteiger partial charge in [-0.25, -0.2) is 0 Å². The third-order valence-electron chi connectivity index (χ3n) is 6.24. The fraction of sp³-hybridized carbons (Fsp3) is 0.360. The minimum atomic E-state index is -1.80. The highest BCUT2D eigenvalue weighted by atomic mass is 28.3. The Bertz CT molecular complexity index is 1010. The molecule has 2 heteroatoms. The topological polar surface area (TPSA) is 26.0 Å². The lowest BCUT2D eigenvalue weighted by atomic mass is 9.95. The number of anilines is 1. The summed E-state index contributed by atoms with van der Waals surface area (Å²) in [5, 5.41) is 4.71. The molecule has 1 nitrogen and oxygen atoms in total. The minimum Gasteiger partial charge on any atom is -0.397 e. The van der Waals surface area contributed by atoms with E-state index in [1.807, 2.05) is 0 Å². The van der Waals surface area contributed by atoms with E-state index in [-0.39, 0.29) is 0 Å². The quantitative estimate of drug-likeness (QED) is 0.224. The Morgan fingerprint density at radius 1 is 0.667 bits per heavy atom. The number of rotatable bonds is 3. The maximum absolute atomic E-state index is 6.66. The Kier molecular flexibility index (Phi) is 5.35. The Hall–Kier alpha value is -2.24. The van der Waals surface area contributed by atoms with E-state index < -0.39 is 8.07 Å². The molecular weight excluding hydrogens is 342 g/mol. The van der Waals surface area contributed by atoms with Crippen molar-refractivity contribution in [2.24, 2.45) is 0 Å². The summed E-state index contributed by atoms with van der Waals surface area (Å²) in [5.41, 5.74) is 14.2. The molecule has 0 fully saturated rings. The van der Waals surface area contributed by atoms with Crippen LogP contribution < -0.4 is 5.73 Å². The first kappa shape index (κ1) is 19.5. The minimum absolute atomic E-state index is 0.609. The van der Waals surface area contributed by atoms with Gasteiger partial charge >= 0.3 is 0 Å². The number of hydrogen-bond donors (Lipinski definition) is 1. The highest BCUT2D eigenvalue weighted by Crippen LogP contribution is 2.41. The van der Waals surface area contributed by atoms with Crippen molar-refractivity contribution >= 4 is 35.3 Å². The molecule has 0 aliphatic rings. The average molecular weight is 374 g/mol. The molecular formula is C25H31NSi. The molecule has 0 aromatic heterocycles. The van der Waals surface area contributed by atoms with Gasteiger partial charge in [-0.05, 0) is 27.4 Å². The van der Waals surface area contributed by atoms with Crippen molar-refractivity contribution in [2.45, 2.75) is 58.2 Å². The molecule has 0 heterocycles. The molecule has 0 aliphatic carbocycles. The van der Waals surface area contributed by atoms with E-state index in [1.165, 1.54) is 16.2 Å². The van der Waals surface area contributed by atoms with Crippen molar-refractivity contribution in [1.29, 1.82) is 0 Å². The van der Waals surface area contributed by atoms with E-state index in [1.54, 1.807) is 0 Å². The predicted octanol–water partition coefficient (Wildman–Crippen LogP) is 7.14. The van der Waals surface area contributed by atoms with Gasteiger partial charge in [-0.3, -0.25) is 0 Å². The summed E-state index contributed by atoms with van der Waals surface area (Å²) < 4.78 is 0. The van der Waals surface area contributed by atoms with Crippen molar-refractivity contribution in [3.63, 3.8) is 0 Å². The highest BCUT2D eigenvalue weighted by molar-refractivity contribution is 6.90. The van der Waals surface area contributed by atoms with E-state index in [0.717, 1.165) is 16.6 Å². The molecule has 0 amide bonds. The third-order valence-corrected chi connectivity index (χ3v) is 12.5. The van der Waals surface area contributed by atoms with Crippen LogP contribution in [0.15, 0.2) is 48.5 Å². The number of nitrogens with two attached hydrogens (primary N) is 1. The second-order valence-corrected chi connectivity index (χ2v) is 14.1. The lowest BCUT2D eigenvalue weighted by Gasteiger charge is -2.38. The normalized spacial score (nSPS) is 12.2. The molecule has 0 bridgehead atoms. The van der Waals surface area contributed by atoms with Gasteiger partial charge in [-0.1, -0.05) is 96.0 Å². The van der Waals surface area contributed by atoms with Gasteiger partial charge < -0.3 is 5.73 Å². The second-order valence-electron chi connectivity index (χ2n) is 8.53. The average Bonchev–Trinajstić information content (AvgIpc) is 2.63. The Morgan fingerprint density at radius 2 is 1.07 bits per heavy atom. The monoisotopic (exact) mass is 373 g/mol. The highest BCUT2D eigenvalue weighted by Gasteiger charge is 2.41. The molecule has 3 aromatic rings. The Labute approximate surface area is 165 Å². The molecule has 140 valence electrons. The van der Waals surface area contributed by atoms with Crippen molar-refractivity contribution < 1.29 is 0 Å². The van der Waals surface area contributed by atoms with Crippen LogP contribution in [-0.2, 0) is 0 Å². The maximum Gasteiger partial charge on any atom is 0.146 e. The lowest BCUT2D eigenvalue weighted by molar-refractivity contribution is 0.838. The lowest BCUT2D eigenvalue weighted by Crippen LogP contribution is -2.43. The van der Waals surface area contributed by atoms with Crippen LogP contribution in [0, 0.1) is 11.5 Å². The van der Waals surface area contributed by atoms with Crippen molar-refractivity contribution in [2.75, 3.05) is 5.73 Å². The van der Waals surface area contributed by atoms with Gasteiger partial charge in [0.1, 0.15) is 8.07 Å². The SMILES string of the molecule is CC(C)[Si](C#Cc1c(N)c2ccccc2c2ccccc12)(C(C)C)C(C)C. The second kappa shape index (κ2) is 7.41. The number of benzene rings is 3. The van der Waals surface area contributed by atoms with E-state index >= 15 is 0 Å². The summed E-state index contributed by atoms with van der Waals surface area (Å²) in [7, 11) is -1.80. The van der Waals surface area contributed by atoms with Crippen LogP contribution in [-0.4, -0.2) is 8.07 Å². The largest absolute Gasteiger partial charge is 0.397 e. The molecule has 0 radical (unpaired) electrons. The maximum atomic E-state index is 6.66. The van der Waals surface area contributed by atoms with Crippen molar-refractivity contribution in [1.82, 2.24) is 0 Å². The first-order chi connectivity index (χ1) is 12.8. The van der Waals surface area contributed by atoms with Crippen LogP contribution in [0.5, 0.6) is 0 Å². The molecule has 3 aromatic carbocycles. The summed E-state index contributed by atoms with van der Waals surface area (Å²) in [6.45, 7) is 14.1. The van der Waals surface area contributed by atoms with Crippen molar-refractivity contribution in [3.8, 4) is 11.5 Å². The molecule has 0 unspecified atom stereocenters. The van der Waals surface area contributed by atoms with E-state index in [2.05, 4.69) is 102 Å². The van der Waals surface area contributed by atoms with E-state index in [9.17, 15) is 0 Å². The van der Waals surface area contributed by atoms with E-state index in [0.29, 0.717) is 16.6 Å². The summed E-state index contributed by atoms with van der Waals surface area (Å²) >= 11 is 0. The molecule has 0 saturated heterocycles. The van der Waals surface area contributed by atoms with Gasteiger partial charge in [0.05, 0.1) is 11.3 Å². The summed E-state index contributed by atoms with van der Waals surface area (Å²) in [4.78, 5) is 0. The molecule has 0 saturated carbocycles. The molecule has 0 aliphatic heterocycles. The van der Waals surface area contributed by atoms with Gasteiger partial charge in [-0.2, -0.15) is 0 Å². The summed E-state index contributed by atoms with van der Waals surface area (Å²) in [6.07, 6.45) is 0.